The summed E-state index contributed by atoms with van der Waals surface area (Å²) in [5, 5.41) is 0. The van der Waals surface area contributed by atoms with Crippen molar-refractivity contribution in [3.63, 3.8) is 0 Å². The van der Waals surface area contributed by atoms with E-state index in [1.807, 2.05) is 18.7 Å². The van der Waals surface area contributed by atoms with E-state index in [-0.39, 0.29) is 17.1 Å². The molecule has 3 atom stereocenters. The maximum absolute atomic E-state index is 13.9. The fourth-order valence-corrected chi connectivity index (χ4v) is 4.69. The number of hydrogen-bond donors (Lipinski definition) is 0. The summed E-state index contributed by atoms with van der Waals surface area (Å²) in [5.41, 5.74) is 0. The number of ether oxygens (including phenoxy) is 2. The van der Waals surface area contributed by atoms with Crippen LogP contribution in [-0.2, 0) is 15.9 Å². The largest absolute Gasteiger partial charge is 0.612 e. The van der Waals surface area contributed by atoms with Gasteiger partial charge in [0.15, 0.2) is 10.7 Å². The molecule has 1 saturated carbocycles. The van der Waals surface area contributed by atoms with Crippen LogP contribution in [0.25, 0.3) is 0 Å². The van der Waals surface area contributed by atoms with Gasteiger partial charge in [-0.15, -0.1) is 0 Å². The Balaban J connectivity index is 1.36. The Bertz CT molecular complexity index is 676. The van der Waals surface area contributed by atoms with Crippen molar-refractivity contribution in [1.29, 1.82) is 0 Å². The lowest BCUT2D eigenvalue weighted by atomic mass is 9.91. The van der Waals surface area contributed by atoms with E-state index in [9.17, 15) is 13.7 Å². The first-order valence-electron chi connectivity index (χ1n) is 10.1. The number of hydrogen-bond acceptors (Lipinski definition) is 4. The van der Waals surface area contributed by atoms with Crippen LogP contribution >= 0.6 is 0 Å². The third-order valence-electron chi connectivity index (χ3n) is 5.69. The lowest BCUT2D eigenvalue weighted by molar-refractivity contribution is 0.0633. The first-order chi connectivity index (χ1) is 13.3. The Morgan fingerprint density at radius 2 is 2.07 bits per heavy atom. The highest BCUT2D eigenvalue weighted by Crippen LogP contribution is 2.49. The van der Waals surface area contributed by atoms with Crippen LogP contribution in [0.1, 0.15) is 39.5 Å². The minimum Gasteiger partial charge on any atom is -0.612 e. The molecule has 1 unspecified atom stereocenters. The lowest BCUT2D eigenvalue weighted by Crippen LogP contribution is -2.40. The molecular weight excluding hydrogens is 381 g/mol. The average molecular weight is 412 g/mol. The number of carbonyl (C=O) groups is 1. The van der Waals surface area contributed by atoms with E-state index >= 15 is 0 Å². The Kier molecular flexibility index (Phi) is 7.10. The van der Waals surface area contributed by atoms with Crippen LogP contribution in [0.5, 0.6) is 5.75 Å². The van der Waals surface area contributed by atoms with Gasteiger partial charge in [-0.1, -0.05) is 0 Å². The van der Waals surface area contributed by atoms with Gasteiger partial charge < -0.3 is 18.9 Å². The molecule has 2 aliphatic rings. The molecule has 28 heavy (non-hydrogen) atoms. The topological polar surface area (TPSA) is 61.8 Å². The highest BCUT2D eigenvalue weighted by molar-refractivity contribution is 7.90. The van der Waals surface area contributed by atoms with Crippen molar-refractivity contribution in [2.45, 2.75) is 50.5 Å². The maximum atomic E-state index is 13.9. The Morgan fingerprint density at radius 1 is 1.36 bits per heavy atom. The van der Waals surface area contributed by atoms with Gasteiger partial charge in [0, 0.05) is 19.2 Å². The molecule has 0 aromatic heterocycles. The maximum Gasteiger partial charge on any atom is 0.410 e. The van der Waals surface area contributed by atoms with Gasteiger partial charge in [0.05, 0.1) is 12.7 Å². The summed E-state index contributed by atoms with van der Waals surface area (Å²) in [4.78, 5) is 14.0. The lowest BCUT2D eigenvalue weighted by Gasteiger charge is -2.32. The van der Waals surface area contributed by atoms with Crippen LogP contribution in [0, 0.1) is 23.6 Å². The van der Waals surface area contributed by atoms with E-state index in [2.05, 4.69) is 0 Å². The van der Waals surface area contributed by atoms with Gasteiger partial charge >= 0.3 is 6.09 Å². The molecule has 0 spiro atoms. The van der Waals surface area contributed by atoms with Gasteiger partial charge in [-0.3, -0.25) is 0 Å². The van der Waals surface area contributed by atoms with Crippen LogP contribution in [0.4, 0.5) is 9.18 Å². The molecule has 1 aromatic carbocycles. The Hall–Kier alpha value is -1.47. The molecular formula is C21H30FNO4S. The summed E-state index contributed by atoms with van der Waals surface area (Å²) in [6.45, 7) is 5.86. The van der Waals surface area contributed by atoms with Crippen molar-refractivity contribution >= 4 is 17.3 Å². The third kappa shape index (κ3) is 5.54. The molecule has 1 amide bonds. The van der Waals surface area contributed by atoms with E-state index in [1.54, 1.807) is 6.07 Å². The Labute approximate surface area is 169 Å². The molecule has 0 N–H and O–H groups in total. The fraction of sp³-hybridized carbons (Fsp3) is 0.667. The number of carbonyl (C=O) groups excluding carboxylic acids is 1. The molecule has 156 valence electrons. The van der Waals surface area contributed by atoms with Gasteiger partial charge in [0.2, 0.25) is 0 Å². The molecule has 0 radical (unpaired) electrons. The van der Waals surface area contributed by atoms with Crippen molar-refractivity contribution in [2.75, 3.05) is 26.0 Å². The molecule has 5 nitrogen and oxygen atoms in total. The summed E-state index contributed by atoms with van der Waals surface area (Å²) in [5.74, 6) is 2.05. The smallest absolute Gasteiger partial charge is 0.410 e. The summed E-state index contributed by atoms with van der Waals surface area (Å²) in [6.07, 6.45) is 5.44. The second-order valence-electron chi connectivity index (χ2n) is 8.10. The molecule has 1 saturated heterocycles. The average Bonchev–Trinajstić information content (AvgIpc) is 3.40. The van der Waals surface area contributed by atoms with Crippen LogP contribution in [0.3, 0.4) is 0 Å². The van der Waals surface area contributed by atoms with E-state index in [0.29, 0.717) is 30.1 Å². The number of amides is 1. The number of rotatable bonds is 7. The molecule has 0 bridgehead atoms. The predicted octanol–water partition coefficient (Wildman–Crippen LogP) is 4.23. The zero-order valence-corrected chi connectivity index (χ0v) is 17.7. The second kappa shape index (κ2) is 9.35. The van der Waals surface area contributed by atoms with E-state index in [1.165, 1.54) is 24.8 Å². The van der Waals surface area contributed by atoms with Gasteiger partial charge in [-0.25, -0.2) is 9.18 Å². The minimum absolute atomic E-state index is 0.0770. The second-order valence-corrected chi connectivity index (χ2v) is 9.45. The quantitative estimate of drug-likeness (QED) is 0.630. The predicted molar refractivity (Wildman–Crippen MR) is 106 cm³/mol. The van der Waals surface area contributed by atoms with Crippen LogP contribution in [0.15, 0.2) is 23.1 Å². The van der Waals surface area contributed by atoms with Crippen LogP contribution < -0.4 is 4.74 Å². The molecule has 3 rings (SSSR count). The molecule has 1 aliphatic carbocycles. The standard InChI is InChI=1S/C21H30FNO4S/c1-14(2)27-21(24)23-9-6-15(7-10-23)18-12-16(18)8-11-26-17-4-5-20(28(3)25)19(22)13-17/h4-5,13-16,18H,6-12H2,1-3H3/t16-,18-,28?/m1/s1. The number of benzene rings is 1. The highest BCUT2D eigenvalue weighted by Gasteiger charge is 2.43. The van der Waals surface area contributed by atoms with Crippen molar-refractivity contribution in [2.24, 2.45) is 17.8 Å². The van der Waals surface area contributed by atoms with Gasteiger partial charge in [-0.05, 0) is 80.6 Å². The normalized spacial score (nSPS) is 23.6. The summed E-state index contributed by atoms with van der Waals surface area (Å²) < 4.78 is 36.2. The van der Waals surface area contributed by atoms with Gasteiger partial charge in [0.1, 0.15) is 12.0 Å². The van der Waals surface area contributed by atoms with Gasteiger partial charge in [0.25, 0.3) is 0 Å². The zero-order chi connectivity index (χ0) is 20.3. The molecule has 2 fully saturated rings. The van der Waals surface area contributed by atoms with E-state index in [4.69, 9.17) is 9.47 Å². The minimum atomic E-state index is -1.33. The van der Waals surface area contributed by atoms with Crippen LogP contribution in [0.2, 0.25) is 0 Å². The fourth-order valence-electron chi connectivity index (χ4n) is 4.10. The Morgan fingerprint density at radius 3 is 2.68 bits per heavy atom. The van der Waals surface area contributed by atoms with Gasteiger partial charge in [-0.2, -0.15) is 0 Å². The van der Waals surface area contributed by atoms with Crippen molar-refractivity contribution in [1.82, 2.24) is 4.90 Å². The van der Waals surface area contributed by atoms with Crippen molar-refractivity contribution < 1.29 is 23.2 Å². The molecule has 7 heteroatoms. The van der Waals surface area contributed by atoms with Crippen LogP contribution in [-0.4, -0.2) is 47.6 Å². The van der Waals surface area contributed by atoms with Crippen molar-refractivity contribution in [3.8, 4) is 5.75 Å². The van der Waals surface area contributed by atoms with E-state index < -0.39 is 17.0 Å². The molecule has 1 heterocycles. The number of piperidine rings is 1. The summed E-state index contributed by atoms with van der Waals surface area (Å²) in [6, 6.07) is 4.52. The molecule has 1 aromatic rings. The first kappa shape index (κ1) is 21.2. The molecule has 1 aliphatic heterocycles. The zero-order valence-electron chi connectivity index (χ0n) is 16.9. The SMILES string of the molecule is CC(C)OC(=O)N1CCC([C@H]2C[C@H]2CCOc2ccc([S+](C)[O-])c(F)c2)CC1. The van der Waals surface area contributed by atoms with E-state index in [0.717, 1.165) is 32.4 Å². The number of nitrogens with zero attached hydrogens (tertiary/aromatic N) is 1. The van der Waals surface area contributed by atoms with Crippen molar-refractivity contribution in [3.05, 3.63) is 24.0 Å². The summed E-state index contributed by atoms with van der Waals surface area (Å²) >= 11 is -1.33. The number of halogens is 1. The monoisotopic (exact) mass is 411 g/mol. The highest BCUT2D eigenvalue weighted by atomic mass is 32.2. The summed E-state index contributed by atoms with van der Waals surface area (Å²) in [7, 11) is 0. The number of likely N-dealkylation sites (tertiary alicyclic amines) is 1. The third-order valence-corrected chi connectivity index (χ3v) is 6.64. The first-order valence-corrected chi connectivity index (χ1v) is 11.6.